The second-order valence-corrected chi connectivity index (χ2v) is 6.39. The SMILES string of the molecule is CN=C(NCCn1cccn1)NC(C)CCC1CCCCC1.I. The van der Waals surface area contributed by atoms with Crippen LogP contribution in [0.2, 0.25) is 0 Å². The van der Waals surface area contributed by atoms with Gasteiger partial charge in [-0.15, -0.1) is 24.0 Å². The van der Waals surface area contributed by atoms with Crippen LogP contribution in [-0.4, -0.2) is 35.4 Å². The van der Waals surface area contributed by atoms with E-state index in [0.717, 1.165) is 25.0 Å². The Morgan fingerprint density at radius 3 is 2.78 bits per heavy atom. The molecular weight excluding hydrogens is 401 g/mol. The zero-order valence-electron chi connectivity index (χ0n) is 14.5. The fourth-order valence-electron chi connectivity index (χ4n) is 3.18. The molecule has 0 radical (unpaired) electrons. The van der Waals surface area contributed by atoms with Crippen LogP contribution in [0.4, 0.5) is 0 Å². The maximum atomic E-state index is 4.31. The lowest BCUT2D eigenvalue weighted by molar-refractivity contribution is 0.322. The third kappa shape index (κ3) is 8.04. The Morgan fingerprint density at radius 1 is 1.35 bits per heavy atom. The van der Waals surface area contributed by atoms with Crippen LogP contribution in [0.1, 0.15) is 51.9 Å². The Labute approximate surface area is 157 Å². The number of aliphatic imine (C=N–C) groups is 1. The van der Waals surface area contributed by atoms with E-state index < -0.39 is 0 Å². The van der Waals surface area contributed by atoms with Gasteiger partial charge in [0, 0.05) is 32.0 Å². The summed E-state index contributed by atoms with van der Waals surface area (Å²) >= 11 is 0. The summed E-state index contributed by atoms with van der Waals surface area (Å²) < 4.78 is 1.92. The maximum Gasteiger partial charge on any atom is 0.191 e. The maximum absolute atomic E-state index is 4.31. The van der Waals surface area contributed by atoms with Crippen molar-refractivity contribution in [3.05, 3.63) is 18.5 Å². The fourth-order valence-corrected chi connectivity index (χ4v) is 3.18. The molecule has 0 aromatic carbocycles. The quantitative estimate of drug-likeness (QED) is 0.394. The normalized spacial score (nSPS) is 17.4. The number of guanidine groups is 1. The van der Waals surface area contributed by atoms with Crippen molar-refractivity contribution in [1.82, 2.24) is 20.4 Å². The predicted octanol–water partition coefficient (Wildman–Crippen LogP) is 3.42. The molecule has 1 atom stereocenters. The van der Waals surface area contributed by atoms with Gasteiger partial charge in [0.25, 0.3) is 0 Å². The van der Waals surface area contributed by atoms with Crippen molar-refractivity contribution in [2.45, 2.75) is 64.5 Å². The third-order valence-electron chi connectivity index (χ3n) is 4.53. The first-order valence-corrected chi connectivity index (χ1v) is 8.72. The van der Waals surface area contributed by atoms with Crippen LogP contribution in [-0.2, 0) is 6.54 Å². The summed E-state index contributed by atoms with van der Waals surface area (Å²) in [6.07, 6.45) is 13.5. The van der Waals surface area contributed by atoms with E-state index in [1.807, 2.05) is 24.0 Å². The van der Waals surface area contributed by atoms with E-state index in [-0.39, 0.29) is 24.0 Å². The Hall–Kier alpha value is -0.790. The Kier molecular flexibility index (Phi) is 10.3. The molecule has 23 heavy (non-hydrogen) atoms. The Bertz CT molecular complexity index is 426. The van der Waals surface area contributed by atoms with Crippen molar-refractivity contribution < 1.29 is 0 Å². The van der Waals surface area contributed by atoms with E-state index in [0.29, 0.717) is 6.04 Å². The van der Waals surface area contributed by atoms with Gasteiger partial charge >= 0.3 is 0 Å². The lowest BCUT2D eigenvalue weighted by Gasteiger charge is -2.24. The fraction of sp³-hybridized carbons (Fsp3) is 0.765. The van der Waals surface area contributed by atoms with Crippen LogP contribution in [0, 0.1) is 5.92 Å². The third-order valence-corrected chi connectivity index (χ3v) is 4.53. The van der Waals surface area contributed by atoms with Gasteiger partial charge in [0.2, 0.25) is 0 Å². The molecule has 0 amide bonds. The second kappa shape index (κ2) is 11.7. The molecule has 1 aliphatic rings. The summed E-state index contributed by atoms with van der Waals surface area (Å²) in [5.74, 6) is 1.84. The summed E-state index contributed by atoms with van der Waals surface area (Å²) in [5, 5.41) is 11.0. The van der Waals surface area contributed by atoms with Gasteiger partial charge in [-0.1, -0.05) is 32.1 Å². The van der Waals surface area contributed by atoms with Crippen molar-refractivity contribution in [3.8, 4) is 0 Å². The monoisotopic (exact) mass is 433 g/mol. The predicted molar refractivity (Wildman–Crippen MR) is 107 cm³/mol. The molecular formula is C17H32IN5. The average Bonchev–Trinajstić information content (AvgIpc) is 3.06. The van der Waals surface area contributed by atoms with Crippen LogP contribution >= 0.6 is 24.0 Å². The van der Waals surface area contributed by atoms with Crippen molar-refractivity contribution in [1.29, 1.82) is 0 Å². The Balaban J connectivity index is 0.00000264. The van der Waals surface area contributed by atoms with Gasteiger partial charge in [0.15, 0.2) is 5.96 Å². The number of aromatic nitrogens is 2. The molecule has 0 bridgehead atoms. The van der Waals surface area contributed by atoms with Gasteiger partial charge < -0.3 is 10.6 Å². The summed E-state index contributed by atoms with van der Waals surface area (Å²) in [5.41, 5.74) is 0. The largest absolute Gasteiger partial charge is 0.355 e. The van der Waals surface area contributed by atoms with Crippen LogP contribution in [0.15, 0.2) is 23.5 Å². The molecule has 0 aliphatic heterocycles. The number of hydrogen-bond donors (Lipinski definition) is 2. The molecule has 1 saturated carbocycles. The highest BCUT2D eigenvalue weighted by atomic mass is 127. The summed E-state index contributed by atoms with van der Waals surface area (Å²) in [6.45, 7) is 3.93. The molecule has 0 saturated heterocycles. The minimum atomic E-state index is 0. The van der Waals surface area contributed by atoms with E-state index in [1.165, 1.54) is 44.9 Å². The number of nitrogens with zero attached hydrogens (tertiary/aromatic N) is 3. The highest BCUT2D eigenvalue weighted by Gasteiger charge is 2.14. The molecule has 1 aromatic heterocycles. The lowest BCUT2D eigenvalue weighted by atomic mass is 9.85. The highest BCUT2D eigenvalue weighted by Crippen LogP contribution is 2.27. The summed E-state index contributed by atoms with van der Waals surface area (Å²) in [7, 11) is 1.83. The zero-order chi connectivity index (χ0) is 15.6. The van der Waals surface area contributed by atoms with Gasteiger partial charge in [-0.2, -0.15) is 5.10 Å². The molecule has 5 nitrogen and oxygen atoms in total. The molecule has 1 aliphatic carbocycles. The molecule has 2 rings (SSSR count). The number of rotatable bonds is 7. The molecule has 1 heterocycles. The van der Waals surface area contributed by atoms with Gasteiger partial charge in [0.1, 0.15) is 0 Å². The van der Waals surface area contributed by atoms with Gasteiger partial charge in [-0.3, -0.25) is 9.67 Å². The van der Waals surface area contributed by atoms with E-state index in [4.69, 9.17) is 0 Å². The number of halogens is 1. The van der Waals surface area contributed by atoms with Crippen molar-refractivity contribution in [3.63, 3.8) is 0 Å². The van der Waals surface area contributed by atoms with E-state index in [1.54, 1.807) is 6.20 Å². The standard InChI is InChI=1S/C17H31N5.HI/c1-15(9-10-16-7-4-3-5-8-16)21-17(18-2)19-12-14-22-13-6-11-20-22;/h6,11,13,15-16H,3-5,7-10,12,14H2,1-2H3,(H2,18,19,21);1H. The number of hydrogen-bond acceptors (Lipinski definition) is 2. The molecule has 6 heteroatoms. The smallest absolute Gasteiger partial charge is 0.191 e. The lowest BCUT2D eigenvalue weighted by Crippen LogP contribution is -2.43. The summed E-state index contributed by atoms with van der Waals surface area (Å²) in [4.78, 5) is 4.31. The van der Waals surface area contributed by atoms with E-state index in [2.05, 4.69) is 27.6 Å². The first-order chi connectivity index (χ1) is 10.8. The van der Waals surface area contributed by atoms with E-state index >= 15 is 0 Å². The summed E-state index contributed by atoms with van der Waals surface area (Å²) in [6, 6.07) is 2.42. The molecule has 1 unspecified atom stereocenters. The van der Waals surface area contributed by atoms with Crippen LogP contribution in [0.3, 0.4) is 0 Å². The minimum absolute atomic E-state index is 0. The van der Waals surface area contributed by atoms with Crippen molar-refractivity contribution >= 4 is 29.9 Å². The van der Waals surface area contributed by atoms with Gasteiger partial charge in [0.05, 0.1) is 6.54 Å². The molecule has 0 spiro atoms. The van der Waals surface area contributed by atoms with Gasteiger partial charge in [-0.25, -0.2) is 0 Å². The van der Waals surface area contributed by atoms with Crippen molar-refractivity contribution in [2.24, 2.45) is 10.9 Å². The highest BCUT2D eigenvalue weighted by molar-refractivity contribution is 14.0. The van der Waals surface area contributed by atoms with Crippen molar-refractivity contribution in [2.75, 3.05) is 13.6 Å². The molecule has 1 fully saturated rings. The molecule has 132 valence electrons. The van der Waals surface area contributed by atoms with Crippen LogP contribution in [0.25, 0.3) is 0 Å². The zero-order valence-corrected chi connectivity index (χ0v) is 16.8. The number of nitrogens with one attached hydrogen (secondary N) is 2. The molecule has 1 aromatic rings. The average molecular weight is 433 g/mol. The van der Waals surface area contributed by atoms with E-state index in [9.17, 15) is 0 Å². The molecule has 2 N–H and O–H groups in total. The van der Waals surface area contributed by atoms with Crippen LogP contribution in [0.5, 0.6) is 0 Å². The second-order valence-electron chi connectivity index (χ2n) is 6.39. The first kappa shape index (κ1) is 20.3. The first-order valence-electron chi connectivity index (χ1n) is 8.72. The van der Waals surface area contributed by atoms with Crippen LogP contribution < -0.4 is 10.6 Å². The Morgan fingerprint density at radius 2 is 2.13 bits per heavy atom. The van der Waals surface area contributed by atoms with Gasteiger partial charge in [-0.05, 0) is 31.7 Å². The minimum Gasteiger partial charge on any atom is -0.355 e. The topological polar surface area (TPSA) is 54.2 Å².